The number of ether oxygens (including phenoxy) is 1. The highest BCUT2D eigenvalue weighted by molar-refractivity contribution is 7.86. The molecule has 0 spiro atoms. The topological polar surface area (TPSA) is 63.7 Å². The molecule has 1 atom stereocenters. The summed E-state index contributed by atoms with van der Waals surface area (Å²) in [5, 5.41) is 0.354. The molecule has 1 aromatic carbocycles. The van der Waals surface area contributed by atoms with Crippen LogP contribution in [0.4, 0.5) is 9.57 Å². The summed E-state index contributed by atoms with van der Waals surface area (Å²) in [5.74, 6) is -0.939. The number of carbonyl (C=O) groups is 1. The van der Waals surface area contributed by atoms with Crippen LogP contribution in [0.2, 0.25) is 5.02 Å². The van der Waals surface area contributed by atoms with Gasteiger partial charge in [0.2, 0.25) is 5.91 Å². The van der Waals surface area contributed by atoms with Gasteiger partial charge in [0.1, 0.15) is 5.75 Å². The number of halogens is 2. The monoisotopic (exact) mass is 335 g/mol. The normalized spacial score (nSPS) is 19.1. The maximum absolute atomic E-state index is 12.7. The number of nitrogens with zero attached hydrogens (tertiary/aromatic N) is 1. The molecule has 21 heavy (non-hydrogen) atoms. The minimum atomic E-state index is -4.59. The summed E-state index contributed by atoms with van der Waals surface area (Å²) in [6, 6.07) is 3.30. The van der Waals surface area contributed by atoms with Crippen molar-refractivity contribution in [2.45, 2.75) is 13.3 Å². The van der Waals surface area contributed by atoms with E-state index in [0.717, 1.165) is 5.56 Å². The minimum absolute atomic E-state index is 0.00619. The molecule has 0 aromatic heterocycles. The average Bonchev–Trinajstić information content (AvgIpc) is 2.70. The van der Waals surface area contributed by atoms with Crippen LogP contribution in [-0.2, 0) is 15.0 Å². The Balaban J connectivity index is 2.27. The fourth-order valence-electron chi connectivity index (χ4n) is 2.50. The standard InChI is InChI=1S/C13H15ClFNO4S/c1-8-3-12(20-2)10(14)5-11(8)16-6-9(4-13(16)17)7-21(15,18)19/h3,5,9H,4,6-7H2,1-2H3. The molecule has 1 amide bonds. The fraction of sp³-hybridized carbons (Fsp3) is 0.462. The van der Waals surface area contributed by atoms with Crippen molar-refractivity contribution in [3.8, 4) is 5.75 Å². The van der Waals surface area contributed by atoms with Gasteiger partial charge in [-0.3, -0.25) is 4.79 Å². The largest absolute Gasteiger partial charge is 0.495 e. The second kappa shape index (κ2) is 5.81. The third-order valence-electron chi connectivity index (χ3n) is 3.40. The molecular formula is C13H15ClFNO4S. The number of benzene rings is 1. The lowest BCUT2D eigenvalue weighted by Gasteiger charge is -2.20. The molecular weight excluding hydrogens is 321 g/mol. The highest BCUT2D eigenvalue weighted by Gasteiger charge is 2.34. The smallest absolute Gasteiger partial charge is 0.302 e. The quantitative estimate of drug-likeness (QED) is 0.792. The molecule has 0 aliphatic carbocycles. The zero-order chi connectivity index (χ0) is 15.8. The van der Waals surface area contributed by atoms with E-state index in [0.29, 0.717) is 16.5 Å². The van der Waals surface area contributed by atoms with Crippen molar-refractivity contribution < 1.29 is 21.8 Å². The Kier molecular flexibility index (Phi) is 4.43. The van der Waals surface area contributed by atoms with Gasteiger partial charge in [-0.25, -0.2) is 0 Å². The Bertz CT molecular complexity index is 677. The van der Waals surface area contributed by atoms with Gasteiger partial charge in [-0.05, 0) is 24.6 Å². The Morgan fingerprint density at radius 2 is 2.14 bits per heavy atom. The van der Waals surface area contributed by atoms with E-state index in [4.69, 9.17) is 16.3 Å². The van der Waals surface area contributed by atoms with E-state index in [1.165, 1.54) is 12.0 Å². The zero-order valence-electron chi connectivity index (χ0n) is 11.6. The second-order valence-corrected chi connectivity index (χ2v) is 6.87. The molecule has 1 aliphatic rings. The number of hydrogen-bond acceptors (Lipinski definition) is 4. The maximum atomic E-state index is 12.7. The van der Waals surface area contributed by atoms with E-state index in [9.17, 15) is 17.1 Å². The van der Waals surface area contributed by atoms with Crippen LogP contribution in [0.3, 0.4) is 0 Å². The van der Waals surface area contributed by atoms with Gasteiger partial charge >= 0.3 is 10.2 Å². The van der Waals surface area contributed by atoms with Crippen molar-refractivity contribution in [1.29, 1.82) is 0 Å². The van der Waals surface area contributed by atoms with Gasteiger partial charge in [0.15, 0.2) is 0 Å². The molecule has 0 N–H and O–H groups in total. The van der Waals surface area contributed by atoms with Gasteiger partial charge in [0.05, 0.1) is 17.9 Å². The first-order chi connectivity index (χ1) is 9.71. The Morgan fingerprint density at radius 3 is 2.71 bits per heavy atom. The molecule has 1 heterocycles. The van der Waals surface area contributed by atoms with Gasteiger partial charge in [-0.15, -0.1) is 3.89 Å². The summed E-state index contributed by atoms with van der Waals surface area (Å²) in [6.07, 6.45) is 0.00619. The third-order valence-corrected chi connectivity index (χ3v) is 4.57. The second-order valence-electron chi connectivity index (χ2n) is 5.05. The number of anilines is 1. The van der Waals surface area contributed by atoms with E-state index >= 15 is 0 Å². The number of amides is 1. The van der Waals surface area contributed by atoms with Crippen molar-refractivity contribution in [2.24, 2.45) is 5.92 Å². The lowest BCUT2D eigenvalue weighted by atomic mass is 10.1. The van der Waals surface area contributed by atoms with Crippen molar-refractivity contribution in [3.05, 3.63) is 22.7 Å². The van der Waals surface area contributed by atoms with Crippen LogP contribution in [0.15, 0.2) is 12.1 Å². The molecule has 0 saturated carbocycles. The van der Waals surface area contributed by atoms with Crippen molar-refractivity contribution in [3.63, 3.8) is 0 Å². The number of rotatable bonds is 4. The van der Waals surface area contributed by atoms with E-state index in [2.05, 4.69) is 0 Å². The lowest BCUT2D eigenvalue weighted by Crippen LogP contribution is -2.26. The minimum Gasteiger partial charge on any atom is -0.495 e. The summed E-state index contributed by atoms with van der Waals surface area (Å²) >= 11 is 6.05. The fourth-order valence-corrected chi connectivity index (χ4v) is 3.52. The van der Waals surface area contributed by atoms with Crippen molar-refractivity contribution >= 4 is 33.4 Å². The molecule has 1 saturated heterocycles. The summed E-state index contributed by atoms with van der Waals surface area (Å²) in [4.78, 5) is 13.5. The molecule has 1 aromatic rings. The van der Waals surface area contributed by atoms with E-state index < -0.39 is 21.9 Å². The maximum Gasteiger partial charge on any atom is 0.302 e. The Morgan fingerprint density at radius 1 is 1.48 bits per heavy atom. The molecule has 5 nitrogen and oxygen atoms in total. The van der Waals surface area contributed by atoms with Crippen LogP contribution in [0.25, 0.3) is 0 Å². The van der Waals surface area contributed by atoms with Crippen molar-refractivity contribution in [2.75, 3.05) is 24.3 Å². The molecule has 0 bridgehead atoms. The summed E-state index contributed by atoms with van der Waals surface area (Å²) in [5.41, 5.74) is 1.36. The zero-order valence-corrected chi connectivity index (χ0v) is 13.2. The average molecular weight is 336 g/mol. The molecule has 0 radical (unpaired) electrons. The van der Waals surface area contributed by atoms with Crippen LogP contribution < -0.4 is 9.64 Å². The number of hydrogen-bond donors (Lipinski definition) is 0. The summed E-state index contributed by atoms with van der Waals surface area (Å²) in [7, 11) is -3.10. The van der Waals surface area contributed by atoms with Gasteiger partial charge in [0.25, 0.3) is 0 Å². The van der Waals surface area contributed by atoms with Crippen LogP contribution in [0.5, 0.6) is 5.75 Å². The Labute approximate surface area is 127 Å². The van der Waals surface area contributed by atoms with Crippen LogP contribution >= 0.6 is 11.6 Å². The molecule has 116 valence electrons. The number of methoxy groups -OCH3 is 1. The van der Waals surface area contributed by atoms with Gasteiger partial charge in [-0.2, -0.15) is 8.42 Å². The first-order valence-electron chi connectivity index (χ1n) is 6.28. The van der Waals surface area contributed by atoms with Crippen LogP contribution in [-0.4, -0.2) is 33.7 Å². The van der Waals surface area contributed by atoms with Gasteiger partial charge < -0.3 is 9.64 Å². The van der Waals surface area contributed by atoms with E-state index in [-0.39, 0.29) is 18.9 Å². The number of carbonyl (C=O) groups excluding carboxylic acids is 1. The highest BCUT2D eigenvalue weighted by Crippen LogP contribution is 2.35. The molecule has 1 aliphatic heterocycles. The molecule has 1 fully saturated rings. The first kappa shape index (κ1) is 16.0. The van der Waals surface area contributed by atoms with E-state index in [1.54, 1.807) is 19.1 Å². The molecule has 8 heteroatoms. The Hall–Kier alpha value is -1.34. The van der Waals surface area contributed by atoms with Gasteiger partial charge in [0, 0.05) is 24.6 Å². The SMILES string of the molecule is COc1cc(C)c(N2CC(CS(=O)(=O)F)CC2=O)cc1Cl. The molecule has 1 unspecified atom stereocenters. The van der Waals surface area contributed by atoms with Crippen molar-refractivity contribution in [1.82, 2.24) is 0 Å². The van der Waals surface area contributed by atoms with Gasteiger partial charge in [-0.1, -0.05) is 11.6 Å². The third kappa shape index (κ3) is 3.65. The first-order valence-corrected chi connectivity index (χ1v) is 8.21. The lowest BCUT2D eigenvalue weighted by molar-refractivity contribution is -0.117. The summed E-state index contributed by atoms with van der Waals surface area (Å²) < 4.78 is 39.3. The number of aryl methyl sites for hydroxylation is 1. The molecule has 2 rings (SSSR count). The summed E-state index contributed by atoms with van der Waals surface area (Å²) in [6.45, 7) is 1.95. The van der Waals surface area contributed by atoms with Crippen LogP contribution in [0, 0.1) is 12.8 Å². The highest BCUT2D eigenvalue weighted by atomic mass is 35.5. The van der Waals surface area contributed by atoms with Crippen LogP contribution in [0.1, 0.15) is 12.0 Å². The predicted octanol–water partition coefficient (Wildman–Crippen LogP) is 2.31. The predicted molar refractivity (Wildman–Crippen MR) is 78.1 cm³/mol. The van der Waals surface area contributed by atoms with E-state index in [1.807, 2.05) is 0 Å².